The molecule has 1 aromatic heterocycles. The number of hydrogen-bond donors (Lipinski definition) is 3. The molecule has 0 aliphatic rings. The minimum absolute atomic E-state index is 0.0870. The van der Waals surface area contributed by atoms with Crippen molar-refractivity contribution in [3.05, 3.63) is 84.1 Å². The molecule has 0 bridgehead atoms. The molecule has 1 unspecified atom stereocenters. The van der Waals surface area contributed by atoms with Gasteiger partial charge >= 0.3 is 5.97 Å². The first kappa shape index (κ1) is 22.4. The van der Waals surface area contributed by atoms with Gasteiger partial charge in [-0.3, -0.25) is 9.59 Å². The number of ether oxygens (including phenoxy) is 1. The van der Waals surface area contributed by atoms with E-state index in [1.54, 1.807) is 19.1 Å². The van der Waals surface area contributed by atoms with Gasteiger partial charge in [0.05, 0.1) is 18.6 Å². The lowest BCUT2D eigenvalue weighted by molar-refractivity contribution is -0.143. The van der Waals surface area contributed by atoms with Crippen LogP contribution in [0.3, 0.4) is 0 Å². The summed E-state index contributed by atoms with van der Waals surface area (Å²) < 4.78 is 7.70. The molecule has 3 rings (SSSR count). The quantitative estimate of drug-likeness (QED) is 0.345. The Morgan fingerprint density at radius 2 is 1.71 bits per heavy atom. The van der Waals surface area contributed by atoms with Gasteiger partial charge in [0.15, 0.2) is 0 Å². The number of carbonyl (C=O) groups excluding carboxylic acids is 2. The number of aromatic nitrogens is 1. The molecule has 0 spiro atoms. The minimum atomic E-state index is -0.406. The number of pyridine rings is 1. The smallest absolute Gasteiger partial charge is 0.307 e. The molecule has 1 atom stereocenters. The standard InChI is InChI=1S/C24H25N3O3S/c1-2-30-23(28)15-21(26-24(29)20-12-13-22(27-31)25-16-20)14-17-8-10-19(11-9-17)18-6-4-3-5-7-18/h3-13,16,21,31H,2,14-15H2,1H3,(H,25,27)(H,26,29). The number of amides is 1. The van der Waals surface area contributed by atoms with E-state index in [1.165, 1.54) is 6.20 Å². The van der Waals surface area contributed by atoms with Gasteiger partial charge in [0.1, 0.15) is 5.82 Å². The summed E-state index contributed by atoms with van der Waals surface area (Å²) in [5.74, 6) is -0.101. The summed E-state index contributed by atoms with van der Waals surface area (Å²) in [4.78, 5) is 28.9. The first-order valence-electron chi connectivity index (χ1n) is 10.1. The van der Waals surface area contributed by atoms with Crippen molar-refractivity contribution in [2.75, 3.05) is 11.3 Å². The topological polar surface area (TPSA) is 80.3 Å². The van der Waals surface area contributed by atoms with Gasteiger partial charge in [0, 0.05) is 12.2 Å². The number of hydrogen-bond acceptors (Lipinski definition) is 6. The zero-order valence-electron chi connectivity index (χ0n) is 17.2. The van der Waals surface area contributed by atoms with Crippen molar-refractivity contribution in [1.29, 1.82) is 0 Å². The number of rotatable bonds is 9. The van der Waals surface area contributed by atoms with Crippen LogP contribution in [-0.2, 0) is 16.0 Å². The zero-order valence-corrected chi connectivity index (χ0v) is 18.1. The van der Waals surface area contributed by atoms with Crippen LogP contribution >= 0.6 is 12.8 Å². The van der Waals surface area contributed by atoms with Crippen LogP contribution < -0.4 is 10.0 Å². The molecule has 2 N–H and O–H groups in total. The van der Waals surface area contributed by atoms with Crippen LogP contribution in [0.1, 0.15) is 29.3 Å². The Bertz CT molecular complexity index is 993. The van der Waals surface area contributed by atoms with E-state index in [9.17, 15) is 9.59 Å². The van der Waals surface area contributed by atoms with Gasteiger partial charge in [0.25, 0.3) is 5.91 Å². The highest BCUT2D eigenvalue weighted by Gasteiger charge is 2.19. The van der Waals surface area contributed by atoms with Gasteiger partial charge in [-0.25, -0.2) is 4.98 Å². The van der Waals surface area contributed by atoms with E-state index in [4.69, 9.17) is 4.74 Å². The maximum absolute atomic E-state index is 12.7. The van der Waals surface area contributed by atoms with Crippen molar-refractivity contribution in [3.8, 4) is 11.1 Å². The highest BCUT2D eigenvalue weighted by Crippen LogP contribution is 2.20. The maximum atomic E-state index is 12.7. The summed E-state index contributed by atoms with van der Waals surface area (Å²) in [5.41, 5.74) is 3.67. The summed E-state index contributed by atoms with van der Waals surface area (Å²) >= 11 is 3.93. The van der Waals surface area contributed by atoms with E-state index in [1.807, 2.05) is 42.5 Å². The Balaban J connectivity index is 1.71. The zero-order chi connectivity index (χ0) is 22.1. The summed E-state index contributed by atoms with van der Waals surface area (Å²) in [7, 11) is 0. The van der Waals surface area contributed by atoms with Crippen molar-refractivity contribution >= 4 is 30.5 Å². The van der Waals surface area contributed by atoms with Crippen molar-refractivity contribution in [2.45, 2.75) is 25.8 Å². The molecule has 160 valence electrons. The molecule has 0 radical (unpaired) electrons. The summed E-state index contributed by atoms with van der Waals surface area (Å²) in [6.45, 7) is 2.06. The first-order valence-corrected chi connectivity index (χ1v) is 10.5. The predicted octanol–water partition coefficient (Wildman–Crippen LogP) is 4.30. The Morgan fingerprint density at radius 1 is 1.00 bits per heavy atom. The Kier molecular flexibility index (Phi) is 8.06. The van der Waals surface area contributed by atoms with Crippen LogP contribution in [0.4, 0.5) is 5.82 Å². The minimum Gasteiger partial charge on any atom is -0.466 e. The van der Waals surface area contributed by atoms with Gasteiger partial charge in [-0.1, -0.05) is 67.4 Å². The fourth-order valence-corrected chi connectivity index (χ4v) is 3.34. The second-order valence-corrected chi connectivity index (χ2v) is 7.21. The fraction of sp³-hybridized carbons (Fsp3) is 0.208. The maximum Gasteiger partial charge on any atom is 0.307 e. The molecule has 7 heteroatoms. The van der Waals surface area contributed by atoms with Gasteiger partial charge in [-0.05, 0) is 42.2 Å². The molecular weight excluding hydrogens is 410 g/mol. The number of thiol groups is 1. The third-order valence-electron chi connectivity index (χ3n) is 4.74. The highest BCUT2D eigenvalue weighted by atomic mass is 32.1. The van der Waals surface area contributed by atoms with E-state index >= 15 is 0 Å². The number of esters is 1. The van der Waals surface area contributed by atoms with Crippen LogP contribution in [0.2, 0.25) is 0 Å². The van der Waals surface area contributed by atoms with Gasteiger partial charge in [-0.2, -0.15) is 0 Å². The summed E-state index contributed by atoms with van der Waals surface area (Å²) in [6, 6.07) is 21.1. The number of nitrogens with zero attached hydrogens (tertiary/aromatic N) is 1. The monoisotopic (exact) mass is 435 g/mol. The SMILES string of the molecule is CCOC(=O)CC(Cc1ccc(-c2ccccc2)cc1)NC(=O)c1ccc(NS)nc1. The second-order valence-electron chi connectivity index (χ2n) is 6.99. The summed E-state index contributed by atoms with van der Waals surface area (Å²) in [6.07, 6.45) is 2.05. The first-order chi connectivity index (χ1) is 15.1. The molecule has 0 aliphatic heterocycles. The van der Waals surface area contributed by atoms with Gasteiger partial charge in [0.2, 0.25) is 0 Å². The lowest BCUT2D eigenvalue weighted by Gasteiger charge is -2.18. The molecule has 0 aliphatic carbocycles. The van der Waals surface area contributed by atoms with Crippen LogP contribution in [0, 0.1) is 0 Å². The lowest BCUT2D eigenvalue weighted by atomic mass is 9.99. The normalized spacial score (nSPS) is 11.4. The van der Waals surface area contributed by atoms with E-state index in [0.29, 0.717) is 24.4 Å². The molecule has 0 fully saturated rings. The van der Waals surface area contributed by atoms with E-state index in [2.05, 4.69) is 40.0 Å². The van der Waals surface area contributed by atoms with Gasteiger partial charge < -0.3 is 14.8 Å². The van der Waals surface area contributed by atoms with E-state index in [0.717, 1.165) is 16.7 Å². The van der Waals surface area contributed by atoms with E-state index < -0.39 is 6.04 Å². The predicted molar refractivity (Wildman–Crippen MR) is 125 cm³/mol. The summed E-state index contributed by atoms with van der Waals surface area (Å²) in [5, 5.41) is 2.94. The largest absolute Gasteiger partial charge is 0.466 e. The van der Waals surface area contributed by atoms with Crippen LogP contribution in [0.5, 0.6) is 0 Å². The number of nitrogens with one attached hydrogen (secondary N) is 2. The Hall–Kier alpha value is -3.32. The Morgan fingerprint density at radius 3 is 2.32 bits per heavy atom. The molecule has 0 saturated heterocycles. The highest BCUT2D eigenvalue weighted by molar-refractivity contribution is 7.81. The number of carbonyl (C=O) groups is 2. The third kappa shape index (κ3) is 6.58. The van der Waals surface area contributed by atoms with Crippen LogP contribution in [0.25, 0.3) is 11.1 Å². The molecular formula is C24H25N3O3S. The van der Waals surface area contributed by atoms with Crippen molar-refractivity contribution in [3.63, 3.8) is 0 Å². The molecule has 6 nitrogen and oxygen atoms in total. The number of anilines is 1. The average molecular weight is 436 g/mol. The number of benzene rings is 2. The van der Waals surface area contributed by atoms with Crippen molar-refractivity contribution < 1.29 is 14.3 Å². The molecule has 3 aromatic rings. The van der Waals surface area contributed by atoms with Crippen LogP contribution in [-0.4, -0.2) is 29.5 Å². The average Bonchev–Trinajstić information content (AvgIpc) is 2.80. The Labute approximate surface area is 187 Å². The molecule has 1 amide bonds. The molecule has 0 saturated carbocycles. The van der Waals surface area contributed by atoms with Gasteiger partial charge in [-0.15, -0.1) is 0 Å². The van der Waals surface area contributed by atoms with Crippen molar-refractivity contribution in [2.24, 2.45) is 0 Å². The van der Waals surface area contributed by atoms with Crippen LogP contribution in [0.15, 0.2) is 72.9 Å². The van der Waals surface area contributed by atoms with Crippen molar-refractivity contribution in [1.82, 2.24) is 10.3 Å². The molecule has 2 aromatic carbocycles. The van der Waals surface area contributed by atoms with E-state index in [-0.39, 0.29) is 18.3 Å². The second kappa shape index (κ2) is 11.2. The third-order valence-corrected chi connectivity index (χ3v) is 4.97. The lowest BCUT2D eigenvalue weighted by Crippen LogP contribution is -2.38. The molecule has 31 heavy (non-hydrogen) atoms. The molecule has 1 heterocycles. The fourth-order valence-electron chi connectivity index (χ4n) is 3.21.